The van der Waals surface area contributed by atoms with Crippen LogP contribution in [0, 0.1) is 0 Å². The van der Waals surface area contributed by atoms with E-state index in [1.54, 1.807) is 6.20 Å². The molecule has 1 saturated carbocycles. The second kappa shape index (κ2) is 7.87. The summed E-state index contributed by atoms with van der Waals surface area (Å²) in [5.41, 5.74) is 0.818. The Balaban J connectivity index is 1.76. The smallest absolute Gasteiger partial charge is 0.212 e. The third kappa shape index (κ3) is 5.73. The molecule has 0 radical (unpaired) electrons. The molecule has 0 aliphatic heterocycles. The number of nitrogens with one attached hydrogen (secondary N) is 2. The second-order valence-corrected chi connectivity index (χ2v) is 7.49. The van der Waals surface area contributed by atoms with Gasteiger partial charge >= 0.3 is 0 Å². The lowest BCUT2D eigenvalue weighted by Crippen LogP contribution is -2.43. The molecule has 21 heavy (non-hydrogen) atoms. The monoisotopic (exact) mass is 311 g/mol. The van der Waals surface area contributed by atoms with E-state index < -0.39 is 10.0 Å². The zero-order valence-electron chi connectivity index (χ0n) is 12.6. The maximum absolute atomic E-state index is 12.1. The van der Waals surface area contributed by atoms with Crippen LogP contribution >= 0.6 is 0 Å². The van der Waals surface area contributed by atoms with Crippen LogP contribution in [0.5, 0.6) is 0 Å². The van der Waals surface area contributed by atoms with Gasteiger partial charge in [-0.1, -0.05) is 13.0 Å². The van der Waals surface area contributed by atoms with Gasteiger partial charge in [-0.05, 0) is 44.4 Å². The molecule has 2 rings (SSSR count). The van der Waals surface area contributed by atoms with E-state index in [4.69, 9.17) is 0 Å². The van der Waals surface area contributed by atoms with Gasteiger partial charge in [-0.2, -0.15) is 0 Å². The zero-order chi connectivity index (χ0) is 15.1. The number of sulfonamides is 1. The zero-order valence-corrected chi connectivity index (χ0v) is 13.4. The minimum Gasteiger partial charge on any atom is -0.314 e. The Labute approximate surface area is 127 Å². The molecular weight excluding hydrogens is 286 g/mol. The van der Waals surface area contributed by atoms with Gasteiger partial charge in [0.15, 0.2) is 0 Å². The van der Waals surface area contributed by atoms with E-state index in [9.17, 15) is 8.42 Å². The fraction of sp³-hybridized carbons (Fsp3) is 0.667. The minimum absolute atomic E-state index is 0.0913. The van der Waals surface area contributed by atoms with E-state index in [0.29, 0.717) is 12.5 Å². The van der Waals surface area contributed by atoms with Gasteiger partial charge in [0.25, 0.3) is 0 Å². The fourth-order valence-corrected chi connectivity index (χ4v) is 4.14. The molecule has 118 valence electrons. The van der Waals surface area contributed by atoms with Crippen LogP contribution in [0.4, 0.5) is 0 Å². The molecule has 2 N–H and O–H groups in total. The fourth-order valence-electron chi connectivity index (χ4n) is 2.80. The van der Waals surface area contributed by atoms with Crippen molar-refractivity contribution in [3.05, 3.63) is 30.1 Å². The lowest BCUT2D eigenvalue weighted by atomic mass is 9.92. The van der Waals surface area contributed by atoms with Crippen molar-refractivity contribution in [1.29, 1.82) is 0 Å². The molecule has 1 aliphatic carbocycles. The summed E-state index contributed by atoms with van der Waals surface area (Å²) < 4.78 is 27.1. The van der Waals surface area contributed by atoms with Gasteiger partial charge in [-0.25, -0.2) is 13.1 Å². The van der Waals surface area contributed by atoms with Crippen molar-refractivity contribution in [3.8, 4) is 0 Å². The van der Waals surface area contributed by atoms with Gasteiger partial charge in [0.05, 0.1) is 5.75 Å². The van der Waals surface area contributed by atoms with Crippen LogP contribution in [0.15, 0.2) is 24.4 Å². The summed E-state index contributed by atoms with van der Waals surface area (Å²) in [5, 5.41) is 3.43. The normalized spacial score (nSPS) is 23.1. The van der Waals surface area contributed by atoms with E-state index in [0.717, 1.165) is 37.9 Å². The lowest BCUT2D eigenvalue weighted by molar-refractivity contribution is 0.333. The number of hydrogen-bond acceptors (Lipinski definition) is 4. The molecule has 0 unspecified atom stereocenters. The molecule has 1 fully saturated rings. The van der Waals surface area contributed by atoms with Gasteiger partial charge in [0.1, 0.15) is 0 Å². The van der Waals surface area contributed by atoms with Crippen molar-refractivity contribution in [2.45, 2.75) is 51.1 Å². The van der Waals surface area contributed by atoms with E-state index in [-0.39, 0.29) is 11.8 Å². The van der Waals surface area contributed by atoms with Crippen molar-refractivity contribution in [1.82, 2.24) is 15.0 Å². The minimum atomic E-state index is -3.22. The summed E-state index contributed by atoms with van der Waals surface area (Å²) in [4.78, 5) is 4.16. The van der Waals surface area contributed by atoms with Crippen LogP contribution in [0.3, 0.4) is 0 Å². The molecule has 0 spiro atoms. The Bertz CT molecular complexity index is 511. The molecule has 1 aliphatic rings. The maximum Gasteiger partial charge on any atom is 0.212 e. The average molecular weight is 311 g/mol. The Morgan fingerprint density at radius 3 is 2.52 bits per heavy atom. The number of nitrogens with zero attached hydrogens (tertiary/aromatic N) is 1. The summed E-state index contributed by atoms with van der Waals surface area (Å²) in [6.07, 6.45) is 6.07. The summed E-state index contributed by atoms with van der Waals surface area (Å²) in [7, 11) is -3.22. The highest BCUT2D eigenvalue weighted by Gasteiger charge is 2.24. The SMILES string of the molecule is CCNC1CCC(NS(=O)(=O)CCc2ccccn2)CC1. The Hall–Kier alpha value is -0.980. The molecular formula is C15H25N3O2S. The topological polar surface area (TPSA) is 71.1 Å². The van der Waals surface area contributed by atoms with Gasteiger partial charge in [0, 0.05) is 30.4 Å². The quantitative estimate of drug-likeness (QED) is 0.800. The Morgan fingerprint density at radius 1 is 1.19 bits per heavy atom. The van der Waals surface area contributed by atoms with Crippen LogP contribution in [-0.2, 0) is 16.4 Å². The van der Waals surface area contributed by atoms with E-state index >= 15 is 0 Å². The number of aryl methyl sites for hydroxylation is 1. The van der Waals surface area contributed by atoms with Crippen molar-refractivity contribution >= 4 is 10.0 Å². The van der Waals surface area contributed by atoms with E-state index in [1.807, 2.05) is 18.2 Å². The van der Waals surface area contributed by atoms with Crippen LogP contribution in [0.25, 0.3) is 0 Å². The predicted molar refractivity (Wildman–Crippen MR) is 84.6 cm³/mol. The van der Waals surface area contributed by atoms with Gasteiger partial charge < -0.3 is 5.32 Å². The van der Waals surface area contributed by atoms with Crippen LogP contribution < -0.4 is 10.0 Å². The standard InChI is InChI=1S/C15H25N3O2S/c1-2-16-14-6-8-15(9-7-14)18-21(19,20)12-10-13-5-3-4-11-17-13/h3-5,11,14-16,18H,2,6-10,12H2,1H3. The summed E-state index contributed by atoms with van der Waals surface area (Å²) >= 11 is 0. The molecule has 1 aromatic heterocycles. The largest absolute Gasteiger partial charge is 0.314 e. The van der Waals surface area contributed by atoms with Crippen LogP contribution in [0.2, 0.25) is 0 Å². The predicted octanol–water partition coefficient (Wildman–Crippen LogP) is 1.46. The molecule has 1 heterocycles. The molecule has 0 aromatic carbocycles. The highest BCUT2D eigenvalue weighted by atomic mass is 32.2. The molecule has 0 bridgehead atoms. The first-order valence-electron chi connectivity index (χ1n) is 7.72. The van der Waals surface area contributed by atoms with E-state index in [2.05, 4.69) is 21.9 Å². The van der Waals surface area contributed by atoms with Gasteiger partial charge in [-0.15, -0.1) is 0 Å². The van der Waals surface area contributed by atoms with Gasteiger partial charge in [0.2, 0.25) is 10.0 Å². The Kier molecular flexibility index (Phi) is 6.14. The molecule has 1 aromatic rings. The molecule has 0 atom stereocenters. The molecule has 5 nitrogen and oxygen atoms in total. The molecule has 6 heteroatoms. The second-order valence-electron chi connectivity index (χ2n) is 5.61. The highest BCUT2D eigenvalue weighted by Crippen LogP contribution is 2.19. The lowest BCUT2D eigenvalue weighted by Gasteiger charge is -2.29. The summed E-state index contributed by atoms with van der Waals surface area (Å²) in [6, 6.07) is 6.21. The van der Waals surface area contributed by atoms with Crippen LogP contribution in [-0.4, -0.2) is 37.8 Å². The summed E-state index contributed by atoms with van der Waals surface area (Å²) in [5.74, 6) is 0.108. The molecule has 0 amide bonds. The van der Waals surface area contributed by atoms with Crippen molar-refractivity contribution in [2.24, 2.45) is 0 Å². The molecule has 0 saturated heterocycles. The summed E-state index contributed by atoms with van der Waals surface area (Å²) in [6.45, 7) is 3.08. The average Bonchev–Trinajstić information content (AvgIpc) is 2.48. The van der Waals surface area contributed by atoms with Crippen molar-refractivity contribution < 1.29 is 8.42 Å². The van der Waals surface area contributed by atoms with Gasteiger partial charge in [-0.3, -0.25) is 4.98 Å². The first-order valence-corrected chi connectivity index (χ1v) is 9.37. The highest BCUT2D eigenvalue weighted by molar-refractivity contribution is 7.89. The third-order valence-electron chi connectivity index (χ3n) is 3.92. The van der Waals surface area contributed by atoms with Crippen LogP contribution in [0.1, 0.15) is 38.3 Å². The first kappa shape index (κ1) is 16.4. The van der Waals surface area contributed by atoms with Crippen molar-refractivity contribution in [3.63, 3.8) is 0 Å². The number of hydrogen-bond donors (Lipinski definition) is 2. The number of rotatable bonds is 7. The third-order valence-corrected chi connectivity index (χ3v) is 5.35. The Morgan fingerprint density at radius 2 is 1.90 bits per heavy atom. The number of aromatic nitrogens is 1. The van der Waals surface area contributed by atoms with Crippen molar-refractivity contribution in [2.75, 3.05) is 12.3 Å². The maximum atomic E-state index is 12.1. The number of pyridine rings is 1. The first-order chi connectivity index (χ1) is 10.1. The van der Waals surface area contributed by atoms with E-state index in [1.165, 1.54) is 0 Å².